The Morgan fingerprint density at radius 1 is 1.18 bits per heavy atom. The lowest BCUT2D eigenvalue weighted by Gasteiger charge is -2.33. The highest BCUT2D eigenvalue weighted by atomic mass is 14.7. The van der Waals surface area contributed by atoms with E-state index in [1.165, 1.54) is 64.2 Å². The van der Waals surface area contributed by atoms with E-state index in [-0.39, 0.29) is 0 Å². The van der Waals surface area contributed by atoms with Gasteiger partial charge < -0.3 is 5.73 Å². The first-order valence-electron chi connectivity index (χ1n) is 7.75. The fraction of sp³-hybridized carbons (Fsp3) is 0.875. The molecule has 0 amide bonds. The summed E-state index contributed by atoms with van der Waals surface area (Å²) in [6.07, 6.45) is 16.1. The minimum absolute atomic E-state index is 0.380. The Morgan fingerprint density at radius 2 is 1.94 bits per heavy atom. The zero-order chi connectivity index (χ0) is 12.1. The molecule has 0 aromatic carbocycles. The zero-order valence-corrected chi connectivity index (χ0v) is 11.5. The fourth-order valence-electron chi connectivity index (χ4n) is 3.60. The van der Waals surface area contributed by atoms with E-state index in [9.17, 15) is 0 Å². The van der Waals surface area contributed by atoms with Gasteiger partial charge in [-0.2, -0.15) is 0 Å². The highest BCUT2D eigenvalue weighted by Gasteiger charge is 2.26. The molecule has 1 fully saturated rings. The smallest absolute Gasteiger partial charge is 0.0282 e. The third kappa shape index (κ3) is 3.58. The van der Waals surface area contributed by atoms with E-state index in [1.54, 1.807) is 5.57 Å². The maximum Gasteiger partial charge on any atom is 0.0282 e. The van der Waals surface area contributed by atoms with Gasteiger partial charge >= 0.3 is 0 Å². The molecule has 2 rings (SSSR count). The molecule has 2 aliphatic carbocycles. The van der Waals surface area contributed by atoms with Crippen molar-refractivity contribution in [2.75, 3.05) is 0 Å². The molecule has 1 nitrogen and oxygen atoms in total. The van der Waals surface area contributed by atoms with Crippen molar-refractivity contribution in [3.63, 3.8) is 0 Å². The molecular formula is C16H29N. The maximum absolute atomic E-state index is 6.51. The van der Waals surface area contributed by atoms with E-state index in [0.29, 0.717) is 6.04 Å². The van der Waals surface area contributed by atoms with Gasteiger partial charge in [-0.15, -0.1) is 0 Å². The highest BCUT2D eigenvalue weighted by Crippen LogP contribution is 2.35. The Balaban J connectivity index is 1.87. The molecule has 0 spiro atoms. The van der Waals surface area contributed by atoms with Gasteiger partial charge in [0.25, 0.3) is 0 Å². The average Bonchev–Trinajstić information content (AvgIpc) is 2.67. The summed E-state index contributed by atoms with van der Waals surface area (Å²) in [5.74, 6) is 1.77. The number of allylic oxidation sites excluding steroid dienone is 1. The summed E-state index contributed by atoms with van der Waals surface area (Å²) in [5.41, 5.74) is 8.10. The van der Waals surface area contributed by atoms with Crippen LogP contribution in [-0.2, 0) is 0 Å². The van der Waals surface area contributed by atoms with E-state index < -0.39 is 0 Å². The van der Waals surface area contributed by atoms with Gasteiger partial charge in [-0.1, -0.05) is 44.3 Å². The average molecular weight is 235 g/mol. The quantitative estimate of drug-likeness (QED) is 0.720. The van der Waals surface area contributed by atoms with E-state index in [1.807, 2.05) is 0 Å². The van der Waals surface area contributed by atoms with Crippen LogP contribution in [-0.4, -0.2) is 6.04 Å². The monoisotopic (exact) mass is 235 g/mol. The molecule has 0 aromatic heterocycles. The largest absolute Gasteiger partial charge is 0.324 e. The molecule has 0 radical (unpaired) electrons. The lowest BCUT2D eigenvalue weighted by atomic mass is 9.75. The summed E-state index contributed by atoms with van der Waals surface area (Å²) in [5, 5.41) is 0. The van der Waals surface area contributed by atoms with Crippen LogP contribution in [0.25, 0.3) is 0 Å². The molecule has 1 atom stereocenters. The van der Waals surface area contributed by atoms with Gasteiger partial charge in [0.15, 0.2) is 0 Å². The van der Waals surface area contributed by atoms with Crippen LogP contribution in [0.15, 0.2) is 11.6 Å². The third-order valence-electron chi connectivity index (χ3n) is 4.98. The Kier molecular flexibility index (Phi) is 5.09. The second-order valence-electron chi connectivity index (χ2n) is 6.09. The van der Waals surface area contributed by atoms with Crippen molar-refractivity contribution in [1.29, 1.82) is 0 Å². The summed E-state index contributed by atoms with van der Waals surface area (Å²) in [7, 11) is 0. The fourth-order valence-corrected chi connectivity index (χ4v) is 3.60. The first kappa shape index (κ1) is 13.1. The van der Waals surface area contributed by atoms with Crippen molar-refractivity contribution >= 4 is 0 Å². The minimum atomic E-state index is 0.380. The molecule has 98 valence electrons. The predicted molar refractivity (Wildman–Crippen MR) is 74.9 cm³/mol. The normalized spacial score (nSPS) is 32.7. The van der Waals surface area contributed by atoms with Crippen molar-refractivity contribution in [2.24, 2.45) is 17.6 Å². The molecule has 0 aromatic rings. The van der Waals surface area contributed by atoms with E-state index in [0.717, 1.165) is 11.8 Å². The van der Waals surface area contributed by atoms with Crippen molar-refractivity contribution in [3.8, 4) is 0 Å². The Hall–Kier alpha value is -0.300. The van der Waals surface area contributed by atoms with E-state index >= 15 is 0 Å². The second kappa shape index (κ2) is 6.58. The Bertz CT molecular complexity index is 248. The first-order chi connectivity index (χ1) is 8.31. The molecule has 1 unspecified atom stereocenters. The molecule has 0 bridgehead atoms. The van der Waals surface area contributed by atoms with E-state index in [4.69, 9.17) is 5.73 Å². The van der Waals surface area contributed by atoms with Crippen LogP contribution < -0.4 is 5.73 Å². The molecule has 2 aliphatic rings. The zero-order valence-electron chi connectivity index (χ0n) is 11.5. The third-order valence-corrected chi connectivity index (χ3v) is 4.98. The number of nitrogens with two attached hydrogens (primary N) is 1. The number of rotatable bonds is 3. The van der Waals surface area contributed by atoms with Crippen LogP contribution in [0.4, 0.5) is 0 Å². The van der Waals surface area contributed by atoms with Gasteiger partial charge in [0.1, 0.15) is 0 Å². The molecule has 17 heavy (non-hydrogen) atoms. The number of hydrogen-bond acceptors (Lipinski definition) is 1. The lowest BCUT2D eigenvalue weighted by molar-refractivity contribution is 0.249. The molecule has 0 aliphatic heterocycles. The van der Waals surface area contributed by atoms with Gasteiger partial charge in [-0.3, -0.25) is 0 Å². The molecule has 0 saturated heterocycles. The van der Waals surface area contributed by atoms with Crippen LogP contribution in [0.2, 0.25) is 0 Å². The van der Waals surface area contributed by atoms with Gasteiger partial charge in [-0.05, 0) is 50.4 Å². The molecule has 1 heteroatoms. The van der Waals surface area contributed by atoms with Gasteiger partial charge in [-0.25, -0.2) is 0 Å². The summed E-state index contributed by atoms with van der Waals surface area (Å²) >= 11 is 0. The summed E-state index contributed by atoms with van der Waals surface area (Å²) in [6.45, 7) is 2.33. The van der Waals surface area contributed by atoms with Crippen LogP contribution >= 0.6 is 0 Å². The van der Waals surface area contributed by atoms with Gasteiger partial charge in [0.05, 0.1) is 0 Å². The standard InChI is InChI=1S/C16H29N/c1-2-13-9-11-15(12-10-13)16(17)14-7-5-3-4-6-8-14/h7,13,15-16H,2-6,8-12,17H2,1H3. The highest BCUT2D eigenvalue weighted by molar-refractivity contribution is 5.13. The molecular weight excluding hydrogens is 206 g/mol. The van der Waals surface area contributed by atoms with Crippen molar-refractivity contribution in [3.05, 3.63) is 11.6 Å². The summed E-state index contributed by atoms with van der Waals surface area (Å²) in [4.78, 5) is 0. The molecule has 0 heterocycles. The topological polar surface area (TPSA) is 26.0 Å². The van der Waals surface area contributed by atoms with Crippen molar-refractivity contribution in [2.45, 2.75) is 77.2 Å². The van der Waals surface area contributed by atoms with Crippen molar-refractivity contribution in [1.82, 2.24) is 0 Å². The minimum Gasteiger partial charge on any atom is -0.324 e. The van der Waals surface area contributed by atoms with Gasteiger partial charge in [0, 0.05) is 6.04 Å². The Morgan fingerprint density at radius 3 is 2.65 bits per heavy atom. The molecule has 1 saturated carbocycles. The van der Waals surface area contributed by atoms with Crippen LogP contribution in [0.5, 0.6) is 0 Å². The number of hydrogen-bond donors (Lipinski definition) is 1. The molecule has 2 N–H and O–H groups in total. The summed E-state index contributed by atoms with van der Waals surface area (Å²) in [6, 6.07) is 0.380. The SMILES string of the molecule is CCC1CCC(C(N)C2=CCCCCC2)CC1. The first-order valence-corrected chi connectivity index (χ1v) is 7.75. The lowest BCUT2D eigenvalue weighted by Crippen LogP contribution is -2.34. The van der Waals surface area contributed by atoms with Crippen LogP contribution in [0, 0.1) is 11.8 Å². The van der Waals surface area contributed by atoms with Crippen molar-refractivity contribution < 1.29 is 0 Å². The predicted octanol–water partition coefficient (Wildman–Crippen LogP) is 4.42. The van der Waals surface area contributed by atoms with Gasteiger partial charge in [0.2, 0.25) is 0 Å². The van der Waals surface area contributed by atoms with Crippen LogP contribution in [0.3, 0.4) is 0 Å². The summed E-state index contributed by atoms with van der Waals surface area (Å²) < 4.78 is 0. The maximum atomic E-state index is 6.51. The Labute approximate surface area is 107 Å². The van der Waals surface area contributed by atoms with E-state index in [2.05, 4.69) is 13.0 Å². The van der Waals surface area contributed by atoms with Crippen LogP contribution in [0.1, 0.15) is 71.1 Å². The second-order valence-corrected chi connectivity index (χ2v) is 6.09.